The van der Waals surface area contributed by atoms with Crippen LogP contribution < -0.4 is 4.74 Å². The van der Waals surface area contributed by atoms with E-state index < -0.39 is 0 Å². The lowest BCUT2D eigenvalue weighted by atomic mass is 9.99. The second-order valence-corrected chi connectivity index (χ2v) is 5.90. The highest BCUT2D eigenvalue weighted by Crippen LogP contribution is 2.20. The summed E-state index contributed by atoms with van der Waals surface area (Å²) in [5, 5.41) is 9.21. The number of aliphatic hydroxyl groups is 1. The van der Waals surface area contributed by atoms with Crippen molar-refractivity contribution in [2.75, 3.05) is 26.3 Å². The Labute approximate surface area is 126 Å². The maximum atomic E-state index is 12.2. The molecule has 1 heterocycles. The molecule has 1 amide bonds. The number of carbonyl (C=O) groups is 1. The van der Waals surface area contributed by atoms with Gasteiger partial charge in [-0.15, -0.1) is 0 Å². The van der Waals surface area contributed by atoms with Crippen molar-refractivity contribution in [2.24, 2.45) is 5.92 Å². The van der Waals surface area contributed by atoms with Crippen LogP contribution in [-0.2, 0) is 4.79 Å². The number of hydrogen-bond acceptors (Lipinski definition) is 3. The number of aryl methyl sites for hydroxylation is 2. The molecular formula is C17H25NO3. The van der Waals surface area contributed by atoms with E-state index in [0.717, 1.165) is 36.3 Å². The molecule has 1 N–H and O–H groups in total. The minimum absolute atomic E-state index is 0.124. The zero-order valence-corrected chi connectivity index (χ0v) is 13.0. The van der Waals surface area contributed by atoms with Crippen LogP contribution in [0.1, 0.15) is 30.4 Å². The lowest BCUT2D eigenvalue weighted by Gasteiger charge is -2.31. The Balaban J connectivity index is 1.80. The van der Waals surface area contributed by atoms with Crippen LogP contribution in [0, 0.1) is 19.8 Å². The molecule has 1 fully saturated rings. The molecule has 0 saturated carbocycles. The van der Waals surface area contributed by atoms with Crippen LogP contribution in [0.2, 0.25) is 0 Å². The quantitative estimate of drug-likeness (QED) is 0.905. The summed E-state index contributed by atoms with van der Waals surface area (Å²) in [4.78, 5) is 14.0. The first kappa shape index (κ1) is 15.8. The van der Waals surface area contributed by atoms with Gasteiger partial charge >= 0.3 is 0 Å². The standard InChI is InChI=1S/C17H25NO3/c1-13-5-6-14(2)16(10-13)21-9-7-17(20)18-8-3-4-15(11-18)12-19/h5-6,10,15,19H,3-4,7-9,11-12H2,1-2H3. The van der Waals surface area contributed by atoms with Gasteiger partial charge in [0.05, 0.1) is 13.0 Å². The first-order chi connectivity index (χ1) is 10.1. The summed E-state index contributed by atoms with van der Waals surface area (Å²) in [6.07, 6.45) is 2.39. The van der Waals surface area contributed by atoms with E-state index in [4.69, 9.17) is 4.74 Å². The Morgan fingerprint density at radius 1 is 1.43 bits per heavy atom. The van der Waals surface area contributed by atoms with Gasteiger partial charge in [-0.1, -0.05) is 12.1 Å². The maximum Gasteiger partial charge on any atom is 0.226 e. The molecule has 1 unspecified atom stereocenters. The molecule has 0 bridgehead atoms. The summed E-state index contributed by atoms with van der Waals surface area (Å²) < 4.78 is 5.74. The second-order valence-electron chi connectivity index (χ2n) is 5.90. The van der Waals surface area contributed by atoms with Crippen LogP contribution in [0.4, 0.5) is 0 Å². The summed E-state index contributed by atoms with van der Waals surface area (Å²) in [7, 11) is 0. The van der Waals surface area contributed by atoms with Gasteiger partial charge in [0.2, 0.25) is 5.91 Å². The molecule has 0 aromatic heterocycles. The monoisotopic (exact) mass is 291 g/mol. The third-order valence-electron chi connectivity index (χ3n) is 4.05. The van der Waals surface area contributed by atoms with Gasteiger partial charge < -0.3 is 14.7 Å². The average molecular weight is 291 g/mol. The first-order valence-corrected chi connectivity index (χ1v) is 7.69. The summed E-state index contributed by atoms with van der Waals surface area (Å²) in [5.74, 6) is 1.22. The molecule has 1 aliphatic rings. The van der Waals surface area contributed by atoms with Crippen LogP contribution in [0.5, 0.6) is 5.75 Å². The largest absolute Gasteiger partial charge is 0.493 e. The smallest absolute Gasteiger partial charge is 0.226 e. The van der Waals surface area contributed by atoms with Gasteiger partial charge in [0.15, 0.2) is 0 Å². The van der Waals surface area contributed by atoms with Gasteiger partial charge in [-0.2, -0.15) is 0 Å². The van der Waals surface area contributed by atoms with Gasteiger partial charge in [-0.3, -0.25) is 4.79 Å². The van der Waals surface area contributed by atoms with Gasteiger partial charge in [0, 0.05) is 19.7 Å². The molecule has 21 heavy (non-hydrogen) atoms. The van der Waals surface area contributed by atoms with E-state index in [1.807, 2.05) is 30.9 Å². The third kappa shape index (κ3) is 4.46. The van der Waals surface area contributed by atoms with Crippen molar-refractivity contribution in [3.05, 3.63) is 29.3 Å². The predicted octanol–water partition coefficient (Wildman–Crippen LogP) is 2.30. The molecule has 1 atom stereocenters. The molecule has 4 heteroatoms. The number of hydrogen-bond donors (Lipinski definition) is 1. The highest BCUT2D eigenvalue weighted by Gasteiger charge is 2.22. The van der Waals surface area contributed by atoms with Crippen LogP contribution in [0.25, 0.3) is 0 Å². The minimum Gasteiger partial charge on any atom is -0.493 e. The number of benzene rings is 1. The van der Waals surface area contributed by atoms with Crippen molar-refractivity contribution in [2.45, 2.75) is 33.1 Å². The van der Waals surface area contributed by atoms with Crippen molar-refractivity contribution < 1.29 is 14.6 Å². The molecule has 0 aliphatic carbocycles. The highest BCUT2D eigenvalue weighted by molar-refractivity contribution is 5.76. The van der Waals surface area contributed by atoms with Gasteiger partial charge in [-0.05, 0) is 49.8 Å². The summed E-state index contributed by atoms with van der Waals surface area (Å²) in [6, 6.07) is 6.08. The molecule has 2 rings (SSSR count). The molecule has 1 aromatic carbocycles. The zero-order chi connectivity index (χ0) is 15.2. The number of ether oxygens (including phenoxy) is 1. The molecule has 1 aromatic rings. The lowest BCUT2D eigenvalue weighted by Crippen LogP contribution is -2.41. The fourth-order valence-corrected chi connectivity index (χ4v) is 2.71. The van der Waals surface area contributed by atoms with Crippen LogP contribution >= 0.6 is 0 Å². The van der Waals surface area contributed by atoms with E-state index in [1.165, 1.54) is 0 Å². The molecule has 116 valence electrons. The van der Waals surface area contributed by atoms with E-state index in [0.29, 0.717) is 19.6 Å². The highest BCUT2D eigenvalue weighted by atomic mass is 16.5. The SMILES string of the molecule is Cc1ccc(C)c(OCCC(=O)N2CCCC(CO)C2)c1. The number of nitrogens with zero attached hydrogens (tertiary/aromatic N) is 1. The molecule has 0 radical (unpaired) electrons. The first-order valence-electron chi connectivity index (χ1n) is 7.69. The van der Waals surface area contributed by atoms with Gasteiger partial charge in [-0.25, -0.2) is 0 Å². The van der Waals surface area contributed by atoms with Gasteiger partial charge in [0.25, 0.3) is 0 Å². The Kier molecular flexibility index (Phi) is 5.62. The summed E-state index contributed by atoms with van der Waals surface area (Å²) >= 11 is 0. The van der Waals surface area contributed by atoms with E-state index >= 15 is 0 Å². The van der Waals surface area contributed by atoms with Crippen LogP contribution in [0.3, 0.4) is 0 Å². The Morgan fingerprint density at radius 2 is 2.24 bits per heavy atom. The van der Waals surface area contributed by atoms with Crippen molar-refractivity contribution in [3.63, 3.8) is 0 Å². The van der Waals surface area contributed by atoms with Crippen LogP contribution in [-0.4, -0.2) is 42.2 Å². The number of rotatable bonds is 5. The molecule has 1 aliphatic heterocycles. The third-order valence-corrected chi connectivity index (χ3v) is 4.05. The van der Waals surface area contributed by atoms with Crippen molar-refractivity contribution in [1.82, 2.24) is 4.90 Å². The van der Waals surface area contributed by atoms with Crippen molar-refractivity contribution in [1.29, 1.82) is 0 Å². The Morgan fingerprint density at radius 3 is 3.00 bits per heavy atom. The van der Waals surface area contributed by atoms with Crippen molar-refractivity contribution in [3.8, 4) is 5.75 Å². The second kappa shape index (κ2) is 7.46. The van der Waals surface area contributed by atoms with E-state index in [1.54, 1.807) is 0 Å². The van der Waals surface area contributed by atoms with E-state index in [2.05, 4.69) is 6.07 Å². The molecule has 4 nitrogen and oxygen atoms in total. The topological polar surface area (TPSA) is 49.8 Å². The number of aliphatic hydroxyl groups excluding tert-OH is 1. The Bertz CT molecular complexity index is 487. The minimum atomic E-state index is 0.124. The Hall–Kier alpha value is -1.55. The number of likely N-dealkylation sites (tertiary alicyclic amines) is 1. The number of carbonyl (C=O) groups excluding carboxylic acids is 1. The van der Waals surface area contributed by atoms with Crippen LogP contribution in [0.15, 0.2) is 18.2 Å². The molecule has 1 saturated heterocycles. The lowest BCUT2D eigenvalue weighted by molar-refractivity contribution is -0.133. The average Bonchev–Trinajstić information content (AvgIpc) is 2.50. The normalized spacial score (nSPS) is 18.6. The summed E-state index contributed by atoms with van der Waals surface area (Å²) in [5.41, 5.74) is 2.25. The fraction of sp³-hybridized carbons (Fsp3) is 0.588. The van der Waals surface area contributed by atoms with Gasteiger partial charge in [0.1, 0.15) is 5.75 Å². The maximum absolute atomic E-state index is 12.2. The fourth-order valence-electron chi connectivity index (χ4n) is 2.71. The number of amides is 1. The predicted molar refractivity (Wildman–Crippen MR) is 82.4 cm³/mol. The van der Waals surface area contributed by atoms with E-state index in [9.17, 15) is 9.90 Å². The van der Waals surface area contributed by atoms with E-state index in [-0.39, 0.29) is 18.4 Å². The molecular weight excluding hydrogens is 266 g/mol. The summed E-state index contributed by atoms with van der Waals surface area (Å²) in [6.45, 7) is 6.09. The van der Waals surface area contributed by atoms with Crippen molar-refractivity contribution >= 4 is 5.91 Å². The zero-order valence-electron chi connectivity index (χ0n) is 13.0. The molecule has 0 spiro atoms. The number of piperidine rings is 1.